The Morgan fingerprint density at radius 3 is 3.05 bits per heavy atom. The van der Waals surface area contributed by atoms with Crippen molar-refractivity contribution in [2.75, 3.05) is 26.2 Å². The second-order valence-electron chi connectivity index (χ2n) is 5.30. The minimum Gasteiger partial charge on any atom is -0.337 e. The van der Waals surface area contributed by atoms with Gasteiger partial charge in [-0.1, -0.05) is 6.92 Å². The normalized spacial score (nSPS) is 19.4. The van der Waals surface area contributed by atoms with Crippen molar-refractivity contribution in [1.82, 2.24) is 20.0 Å². The first-order chi connectivity index (χ1) is 9.22. The number of carbonyl (C=O) groups is 1. The van der Waals surface area contributed by atoms with E-state index in [1.165, 1.54) is 12.8 Å². The van der Waals surface area contributed by atoms with Gasteiger partial charge in [0.2, 0.25) is 0 Å². The van der Waals surface area contributed by atoms with Gasteiger partial charge >= 0.3 is 0 Å². The summed E-state index contributed by atoms with van der Waals surface area (Å²) in [6.07, 6.45) is 5.10. The van der Waals surface area contributed by atoms with Crippen molar-refractivity contribution in [3.8, 4) is 0 Å². The molecule has 5 heteroatoms. The predicted molar refractivity (Wildman–Crippen MR) is 75.0 cm³/mol. The molecule has 1 amide bonds. The first kappa shape index (κ1) is 14.1. The van der Waals surface area contributed by atoms with E-state index in [4.69, 9.17) is 0 Å². The van der Waals surface area contributed by atoms with Crippen LogP contribution in [0.1, 0.15) is 36.7 Å². The highest BCUT2D eigenvalue weighted by Gasteiger charge is 2.22. The third-order valence-electron chi connectivity index (χ3n) is 3.70. The fourth-order valence-electron chi connectivity index (χ4n) is 2.68. The topological polar surface area (TPSA) is 50.2 Å². The van der Waals surface area contributed by atoms with E-state index >= 15 is 0 Å². The Hall–Kier alpha value is -1.36. The molecule has 1 atom stereocenters. The van der Waals surface area contributed by atoms with Gasteiger partial charge in [-0.3, -0.25) is 9.48 Å². The number of carbonyl (C=O) groups excluding carboxylic acids is 1. The SMILES string of the molecule is CCCN(CC1CCCNC1)C(=O)c1ccnn1C. The number of nitrogens with zero attached hydrogens (tertiary/aromatic N) is 3. The van der Waals surface area contributed by atoms with Crippen LogP contribution in [0.5, 0.6) is 0 Å². The zero-order valence-electron chi connectivity index (χ0n) is 11.9. The summed E-state index contributed by atoms with van der Waals surface area (Å²) in [5.74, 6) is 0.685. The zero-order valence-corrected chi connectivity index (χ0v) is 11.9. The maximum absolute atomic E-state index is 12.5. The van der Waals surface area contributed by atoms with E-state index in [9.17, 15) is 4.79 Å². The number of rotatable bonds is 5. The lowest BCUT2D eigenvalue weighted by molar-refractivity contribution is 0.0707. The van der Waals surface area contributed by atoms with Crippen LogP contribution >= 0.6 is 0 Å². The molecule has 1 N–H and O–H groups in total. The van der Waals surface area contributed by atoms with Gasteiger partial charge in [0, 0.05) is 26.3 Å². The van der Waals surface area contributed by atoms with Gasteiger partial charge in [-0.15, -0.1) is 0 Å². The molecule has 1 saturated heterocycles. The van der Waals surface area contributed by atoms with Gasteiger partial charge in [-0.05, 0) is 44.3 Å². The minimum atomic E-state index is 0.104. The molecule has 1 aliphatic rings. The predicted octanol–water partition coefficient (Wildman–Crippen LogP) is 1.27. The van der Waals surface area contributed by atoms with Crippen LogP contribution in [0.15, 0.2) is 12.3 Å². The number of piperidine rings is 1. The van der Waals surface area contributed by atoms with E-state index < -0.39 is 0 Å². The largest absolute Gasteiger partial charge is 0.337 e. The van der Waals surface area contributed by atoms with Crippen LogP contribution in [0.2, 0.25) is 0 Å². The Kier molecular flexibility index (Phi) is 4.96. The number of nitrogens with one attached hydrogen (secondary N) is 1. The second-order valence-corrected chi connectivity index (χ2v) is 5.30. The molecule has 0 aromatic carbocycles. The maximum atomic E-state index is 12.5. The van der Waals surface area contributed by atoms with Crippen LogP contribution in [-0.2, 0) is 7.05 Å². The average molecular weight is 264 g/mol. The van der Waals surface area contributed by atoms with Crippen molar-refractivity contribution in [3.63, 3.8) is 0 Å². The Morgan fingerprint density at radius 2 is 2.47 bits per heavy atom. The molecule has 1 unspecified atom stereocenters. The van der Waals surface area contributed by atoms with Crippen molar-refractivity contribution in [3.05, 3.63) is 18.0 Å². The van der Waals surface area contributed by atoms with Crippen molar-refractivity contribution >= 4 is 5.91 Å². The highest BCUT2D eigenvalue weighted by molar-refractivity contribution is 5.92. The molecule has 0 bridgehead atoms. The Morgan fingerprint density at radius 1 is 1.63 bits per heavy atom. The first-order valence-corrected chi connectivity index (χ1v) is 7.20. The molecule has 2 rings (SSSR count). The first-order valence-electron chi connectivity index (χ1n) is 7.20. The summed E-state index contributed by atoms with van der Waals surface area (Å²) in [7, 11) is 1.82. The summed E-state index contributed by atoms with van der Waals surface area (Å²) in [5.41, 5.74) is 0.678. The number of hydrogen-bond donors (Lipinski definition) is 1. The van der Waals surface area contributed by atoms with Crippen LogP contribution in [-0.4, -0.2) is 46.8 Å². The van der Waals surface area contributed by atoms with E-state index in [0.29, 0.717) is 11.6 Å². The fourth-order valence-corrected chi connectivity index (χ4v) is 2.68. The van der Waals surface area contributed by atoms with Crippen molar-refractivity contribution < 1.29 is 4.79 Å². The lowest BCUT2D eigenvalue weighted by atomic mass is 9.99. The third-order valence-corrected chi connectivity index (χ3v) is 3.70. The molecular weight excluding hydrogens is 240 g/mol. The number of aromatic nitrogens is 2. The van der Waals surface area contributed by atoms with Gasteiger partial charge in [-0.2, -0.15) is 5.10 Å². The molecular formula is C14H24N4O. The lowest BCUT2D eigenvalue weighted by Gasteiger charge is -2.30. The summed E-state index contributed by atoms with van der Waals surface area (Å²) in [6.45, 7) is 5.92. The quantitative estimate of drug-likeness (QED) is 0.871. The number of hydrogen-bond acceptors (Lipinski definition) is 3. The van der Waals surface area contributed by atoms with Gasteiger partial charge < -0.3 is 10.2 Å². The average Bonchev–Trinajstić information content (AvgIpc) is 2.85. The molecule has 0 spiro atoms. The molecule has 19 heavy (non-hydrogen) atoms. The van der Waals surface area contributed by atoms with Crippen LogP contribution < -0.4 is 5.32 Å². The Balaban J connectivity index is 2.02. The molecule has 1 aliphatic heterocycles. The van der Waals surface area contributed by atoms with Crippen LogP contribution in [0.25, 0.3) is 0 Å². The van der Waals surface area contributed by atoms with Gasteiger partial charge in [-0.25, -0.2) is 0 Å². The minimum absolute atomic E-state index is 0.104. The molecule has 0 radical (unpaired) electrons. The van der Waals surface area contributed by atoms with Gasteiger partial charge in [0.1, 0.15) is 5.69 Å². The molecule has 2 heterocycles. The molecule has 106 valence electrons. The molecule has 1 aromatic heterocycles. The van der Waals surface area contributed by atoms with E-state index in [0.717, 1.165) is 32.6 Å². The molecule has 1 fully saturated rings. The summed E-state index contributed by atoms with van der Waals surface area (Å²) in [6, 6.07) is 1.80. The lowest BCUT2D eigenvalue weighted by Crippen LogP contribution is -2.41. The molecule has 5 nitrogen and oxygen atoms in total. The summed E-state index contributed by atoms with van der Waals surface area (Å²) >= 11 is 0. The standard InChI is InChI=1S/C14H24N4O/c1-3-9-18(11-12-5-4-7-15-10-12)14(19)13-6-8-16-17(13)2/h6,8,12,15H,3-5,7,9-11H2,1-2H3. The number of amides is 1. The zero-order chi connectivity index (χ0) is 13.7. The van der Waals surface area contributed by atoms with Crippen LogP contribution in [0.4, 0.5) is 0 Å². The second kappa shape index (κ2) is 6.70. The fraction of sp³-hybridized carbons (Fsp3) is 0.714. The number of aryl methyl sites for hydroxylation is 1. The van der Waals surface area contributed by atoms with E-state index in [1.54, 1.807) is 16.9 Å². The smallest absolute Gasteiger partial charge is 0.272 e. The van der Waals surface area contributed by atoms with Gasteiger partial charge in [0.15, 0.2) is 0 Å². The maximum Gasteiger partial charge on any atom is 0.272 e. The Labute approximate surface area is 115 Å². The molecule has 1 aromatic rings. The summed E-state index contributed by atoms with van der Waals surface area (Å²) in [4.78, 5) is 14.5. The Bertz CT molecular complexity index is 409. The molecule has 0 saturated carbocycles. The van der Waals surface area contributed by atoms with Crippen molar-refractivity contribution in [2.24, 2.45) is 13.0 Å². The summed E-state index contributed by atoms with van der Waals surface area (Å²) in [5, 5.41) is 7.50. The van der Waals surface area contributed by atoms with Crippen LogP contribution in [0.3, 0.4) is 0 Å². The molecule has 0 aliphatic carbocycles. The summed E-state index contributed by atoms with van der Waals surface area (Å²) < 4.78 is 1.66. The van der Waals surface area contributed by atoms with E-state index in [1.807, 2.05) is 11.9 Å². The van der Waals surface area contributed by atoms with Crippen LogP contribution in [0, 0.1) is 5.92 Å². The van der Waals surface area contributed by atoms with E-state index in [2.05, 4.69) is 17.3 Å². The highest BCUT2D eigenvalue weighted by atomic mass is 16.2. The highest BCUT2D eigenvalue weighted by Crippen LogP contribution is 2.14. The monoisotopic (exact) mass is 264 g/mol. The van der Waals surface area contributed by atoms with Crippen molar-refractivity contribution in [2.45, 2.75) is 26.2 Å². The van der Waals surface area contributed by atoms with E-state index in [-0.39, 0.29) is 5.91 Å². The third kappa shape index (κ3) is 3.56. The van der Waals surface area contributed by atoms with Gasteiger partial charge in [0.05, 0.1) is 0 Å². The van der Waals surface area contributed by atoms with Gasteiger partial charge in [0.25, 0.3) is 5.91 Å². The van der Waals surface area contributed by atoms with Crippen molar-refractivity contribution in [1.29, 1.82) is 0 Å².